The van der Waals surface area contributed by atoms with E-state index in [0.29, 0.717) is 10.6 Å². The molecule has 2 aromatic carbocycles. The van der Waals surface area contributed by atoms with Gasteiger partial charge in [0.1, 0.15) is 5.82 Å². The van der Waals surface area contributed by atoms with Crippen molar-refractivity contribution >= 4 is 23.5 Å². The van der Waals surface area contributed by atoms with E-state index in [0.717, 1.165) is 0 Å². The summed E-state index contributed by atoms with van der Waals surface area (Å²) < 4.78 is 45.5. The molecular formula is C15H10ClF4NO3. The minimum absolute atomic E-state index is 0.123. The zero-order valence-corrected chi connectivity index (χ0v) is 12.5. The van der Waals surface area contributed by atoms with Gasteiger partial charge in [-0.15, -0.1) is 0 Å². The van der Waals surface area contributed by atoms with Gasteiger partial charge in [-0.05, 0) is 18.2 Å². The number of hydrogen-bond acceptors (Lipinski definition) is 2. The van der Waals surface area contributed by atoms with Crippen LogP contribution in [0.3, 0.4) is 0 Å². The second-order valence-corrected chi connectivity index (χ2v) is 4.72. The van der Waals surface area contributed by atoms with Gasteiger partial charge in [-0.3, -0.25) is 4.79 Å². The molecule has 0 aliphatic heterocycles. The van der Waals surface area contributed by atoms with E-state index < -0.39 is 23.9 Å². The molecule has 1 amide bonds. The Morgan fingerprint density at radius 1 is 1.04 bits per heavy atom. The van der Waals surface area contributed by atoms with Gasteiger partial charge >= 0.3 is 12.1 Å². The molecule has 9 heteroatoms. The molecule has 0 aliphatic rings. The third kappa shape index (κ3) is 4.95. The number of carbonyl (C=O) groups is 2. The van der Waals surface area contributed by atoms with Crippen LogP contribution in [0.15, 0.2) is 42.5 Å². The van der Waals surface area contributed by atoms with E-state index >= 15 is 0 Å². The van der Waals surface area contributed by atoms with Crippen molar-refractivity contribution in [3.63, 3.8) is 0 Å². The quantitative estimate of drug-likeness (QED) is 0.795. The topological polar surface area (TPSA) is 80.4 Å². The molecule has 0 heterocycles. The normalized spacial score (nSPS) is 10.5. The molecule has 3 N–H and O–H groups in total. The number of carbonyl (C=O) groups excluding carboxylic acids is 1. The van der Waals surface area contributed by atoms with Crippen LogP contribution in [0.4, 0.5) is 17.6 Å². The summed E-state index contributed by atoms with van der Waals surface area (Å²) in [6, 6.07) is 10.9. The first-order valence-electron chi connectivity index (χ1n) is 6.19. The number of amides is 1. The molecule has 2 aromatic rings. The average molecular weight is 364 g/mol. The van der Waals surface area contributed by atoms with Gasteiger partial charge in [0, 0.05) is 21.7 Å². The molecule has 0 aromatic heterocycles. The summed E-state index contributed by atoms with van der Waals surface area (Å²) in [7, 11) is 0. The summed E-state index contributed by atoms with van der Waals surface area (Å²) in [5.41, 5.74) is 5.95. The fourth-order valence-corrected chi connectivity index (χ4v) is 1.90. The number of carboxylic acid groups (broad SMARTS) is 1. The zero-order valence-electron chi connectivity index (χ0n) is 11.8. The molecule has 24 heavy (non-hydrogen) atoms. The number of nitrogens with two attached hydrogens (primary N) is 1. The number of halogens is 5. The molecule has 0 unspecified atom stereocenters. The monoisotopic (exact) mass is 363 g/mol. The van der Waals surface area contributed by atoms with Gasteiger partial charge in [0.2, 0.25) is 5.91 Å². The van der Waals surface area contributed by atoms with Gasteiger partial charge in [-0.1, -0.05) is 35.9 Å². The molecule has 4 nitrogen and oxygen atoms in total. The third-order valence-electron chi connectivity index (χ3n) is 2.66. The molecule has 0 radical (unpaired) electrons. The van der Waals surface area contributed by atoms with Crippen molar-refractivity contribution in [3.8, 4) is 11.1 Å². The highest BCUT2D eigenvalue weighted by atomic mass is 35.5. The summed E-state index contributed by atoms with van der Waals surface area (Å²) in [6.07, 6.45) is -5.08. The SMILES string of the molecule is NC(=O)c1cccc(F)c1-c1ccccc1Cl.O=C(O)C(F)(F)F. The van der Waals surface area contributed by atoms with E-state index in [1.165, 1.54) is 18.2 Å². The number of primary amides is 1. The lowest BCUT2D eigenvalue weighted by atomic mass is 9.98. The number of carboxylic acids is 1. The maximum Gasteiger partial charge on any atom is 0.490 e. The summed E-state index contributed by atoms with van der Waals surface area (Å²) in [5.74, 6) is -3.96. The van der Waals surface area contributed by atoms with Crippen LogP contribution in [-0.4, -0.2) is 23.2 Å². The number of aliphatic carboxylic acids is 1. The Labute approximate surface area is 138 Å². The van der Waals surface area contributed by atoms with Gasteiger partial charge < -0.3 is 10.8 Å². The minimum atomic E-state index is -5.08. The number of alkyl halides is 3. The van der Waals surface area contributed by atoms with E-state index in [1.807, 2.05) is 0 Å². The van der Waals surface area contributed by atoms with Crippen LogP contribution in [0.5, 0.6) is 0 Å². The van der Waals surface area contributed by atoms with Crippen molar-refractivity contribution in [2.75, 3.05) is 0 Å². The highest BCUT2D eigenvalue weighted by Gasteiger charge is 2.38. The lowest BCUT2D eigenvalue weighted by Gasteiger charge is -2.09. The Morgan fingerprint density at radius 3 is 2.04 bits per heavy atom. The Bertz CT molecular complexity index is 763. The molecular weight excluding hydrogens is 354 g/mol. The van der Waals surface area contributed by atoms with Crippen LogP contribution < -0.4 is 5.73 Å². The molecule has 0 spiro atoms. The molecule has 0 saturated heterocycles. The van der Waals surface area contributed by atoms with E-state index in [4.69, 9.17) is 27.2 Å². The predicted octanol–water partition coefficient (Wildman–Crippen LogP) is 3.88. The maximum atomic E-state index is 13.8. The first-order chi connectivity index (χ1) is 11.1. The van der Waals surface area contributed by atoms with Gasteiger partial charge in [-0.2, -0.15) is 13.2 Å². The van der Waals surface area contributed by atoms with Crippen molar-refractivity contribution in [3.05, 3.63) is 58.9 Å². The Kier molecular flexibility index (Phi) is 6.30. The van der Waals surface area contributed by atoms with Crippen molar-refractivity contribution in [1.82, 2.24) is 0 Å². The van der Waals surface area contributed by atoms with Crippen molar-refractivity contribution in [2.45, 2.75) is 6.18 Å². The lowest BCUT2D eigenvalue weighted by molar-refractivity contribution is -0.192. The second-order valence-electron chi connectivity index (χ2n) is 4.31. The van der Waals surface area contributed by atoms with Crippen LogP contribution in [0.2, 0.25) is 5.02 Å². The Morgan fingerprint density at radius 2 is 1.58 bits per heavy atom. The van der Waals surface area contributed by atoms with Crippen LogP contribution in [-0.2, 0) is 4.79 Å². The van der Waals surface area contributed by atoms with Gasteiger partial charge in [0.25, 0.3) is 0 Å². The standard InChI is InChI=1S/C13H9ClFNO.C2HF3O2/c14-10-6-2-1-4-8(10)12-9(13(16)17)5-3-7-11(12)15;3-2(4,5)1(6)7/h1-7H,(H2,16,17);(H,6,7). The zero-order chi connectivity index (χ0) is 18.5. The molecule has 0 bridgehead atoms. The van der Waals surface area contributed by atoms with Gasteiger partial charge in [-0.25, -0.2) is 9.18 Å². The maximum absolute atomic E-state index is 13.8. The summed E-state index contributed by atoms with van der Waals surface area (Å²) in [5, 5.41) is 7.50. The molecule has 0 aliphatic carbocycles. The van der Waals surface area contributed by atoms with E-state index in [9.17, 15) is 22.4 Å². The van der Waals surface area contributed by atoms with E-state index in [2.05, 4.69) is 0 Å². The first-order valence-corrected chi connectivity index (χ1v) is 6.56. The summed E-state index contributed by atoms with van der Waals surface area (Å²) in [6.45, 7) is 0. The smallest absolute Gasteiger partial charge is 0.475 e. The fourth-order valence-electron chi connectivity index (χ4n) is 1.67. The van der Waals surface area contributed by atoms with Crippen LogP contribution in [0, 0.1) is 5.82 Å². The average Bonchev–Trinajstić information content (AvgIpc) is 2.47. The van der Waals surface area contributed by atoms with Crippen LogP contribution >= 0.6 is 11.6 Å². The van der Waals surface area contributed by atoms with Gasteiger partial charge in [0.15, 0.2) is 0 Å². The summed E-state index contributed by atoms with van der Waals surface area (Å²) in [4.78, 5) is 20.2. The molecule has 0 saturated carbocycles. The van der Waals surface area contributed by atoms with Crippen molar-refractivity contribution in [2.24, 2.45) is 5.73 Å². The lowest BCUT2D eigenvalue weighted by Crippen LogP contribution is -2.21. The van der Waals surface area contributed by atoms with Crippen LogP contribution in [0.1, 0.15) is 10.4 Å². The summed E-state index contributed by atoms with van der Waals surface area (Å²) >= 11 is 5.99. The Hall–Kier alpha value is -2.61. The highest BCUT2D eigenvalue weighted by molar-refractivity contribution is 6.33. The second kappa shape index (κ2) is 7.78. The molecule has 128 valence electrons. The predicted molar refractivity (Wildman–Crippen MR) is 79.1 cm³/mol. The van der Waals surface area contributed by atoms with Crippen LogP contribution in [0.25, 0.3) is 11.1 Å². The fraction of sp³-hybridized carbons (Fsp3) is 0.0667. The Balaban J connectivity index is 0.000000351. The molecule has 0 atom stereocenters. The number of rotatable bonds is 2. The number of hydrogen-bond donors (Lipinski definition) is 2. The molecule has 0 fully saturated rings. The van der Waals surface area contributed by atoms with E-state index in [1.54, 1.807) is 24.3 Å². The van der Waals surface area contributed by atoms with Crippen molar-refractivity contribution in [1.29, 1.82) is 0 Å². The van der Waals surface area contributed by atoms with Crippen molar-refractivity contribution < 1.29 is 32.3 Å². The first kappa shape index (κ1) is 19.4. The third-order valence-corrected chi connectivity index (χ3v) is 2.99. The van der Waals surface area contributed by atoms with Gasteiger partial charge in [0.05, 0.1) is 0 Å². The highest BCUT2D eigenvalue weighted by Crippen LogP contribution is 2.32. The van der Waals surface area contributed by atoms with E-state index in [-0.39, 0.29) is 11.1 Å². The molecule has 2 rings (SSSR count). The number of benzene rings is 2. The minimum Gasteiger partial charge on any atom is -0.475 e. The largest absolute Gasteiger partial charge is 0.490 e.